The number of carbonyl (C=O) groups is 1. The zero-order valence-corrected chi connectivity index (χ0v) is 13.4. The summed E-state index contributed by atoms with van der Waals surface area (Å²) in [7, 11) is 0. The van der Waals surface area contributed by atoms with Crippen molar-refractivity contribution >= 4 is 5.91 Å². The van der Waals surface area contributed by atoms with Crippen LogP contribution in [0.15, 0.2) is 30.3 Å². The van der Waals surface area contributed by atoms with Gasteiger partial charge < -0.3 is 4.74 Å². The van der Waals surface area contributed by atoms with Gasteiger partial charge in [-0.15, -0.1) is 0 Å². The summed E-state index contributed by atoms with van der Waals surface area (Å²) in [4.78, 5) is 20.2. The standard InChI is InChI=1S/C18H24N2O3/c21-18(20-8-4-10-22-20)16-11-15-7-9-19(13-17(15)23-16)12-14-5-2-1-3-6-14/h1-3,5-6,15-17H,4,7-13H2/t15-,16+,17+/m1/s1. The van der Waals surface area contributed by atoms with Gasteiger partial charge in [-0.05, 0) is 37.3 Å². The molecule has 0 saturated carbocycles. The molecule has 5 nitrogen and oxygen atoms in total. The molecular formula is C18H24N2O3. The minimum absolute atomic E-state index is 0.0199. The monoisotopic (exact) mass is 316 g/mol. The van der Waals surface area contributed by atoms with Crippen LogP contribution >= 0.6 is 0 Å². The van der Waals surface area contributed by atoms with E-state index in [1.807, 2.05) is 6.07 Å². The van der Waals surface area contributed by atoms with Crippen molar-refractivity contribution in [3.05, 3.63) is 35.9 Å². The molecule has 3 fully saturated rings. The molecule has 5 heteroatoms. The van der Waals surface area contributed by atoms with Crippen LogP contribution in [0.5, 0.6) is 0 Å². The van der Waals surface area contributed by atoms with E-state index in [0.717, 1.165) is 38.9 Å². The Labute approximate surface area is 137 Å². The normalized spacial score (nSPS) is 31.3. The number of rotatable bonds is 3. The molecule has 0 spiro atoms. The second-order valence-corrected chi connectivity index (χ2v) is 6.80. The van der Waals surface area contributed by atoms with Gasteiger partial charge in [0.1, 0.15) is 6.10 Å². The fourth-order valence-electron chi connectivity index (χ4n) is 3.92. The fourth-order valence-corrected chi connectivity index (χ4v) is 3.92. The first kappa shape index (κ1) is 15.1. The lowest BCUT2D eigenvalue weighted by Gasteiger charge is -2.34. The third-order valence-electron chi connectivity index (χ3n) is 5.16. The molecule has 23 heavy (non-hydrogen) atoms. The summed E-state index contributed by atoms with van der Waals surface area (Å²) in [5, 5.41) is 1.50. The van der Waals surface area contributed by atoms with E-state index in [1.54, 1.807) is 0 Å². The molecule has 3 atom stereocenters. The van der Waals surface area contributed by atoms with E-state index in [2.05, 4.69) is 29.2 Å². The van der Waals surface area contributed by atoms with Gasteiger partial charge in [0.15, 0.2) is 0 Å². The van der Waals surface area contributed by atoms with Crippen molar-refractivity contribution in [1.82, 2.24) is 9.96 Å². The average molecular weight is 316 g/mol. The highest BCUT2D eigenvalue weighted by molar-refractivity contribution is 5.80. The van der Waals surface area contributed by atoms with Crippen molar-refractivity contribution < 1.29 is 14.4 Å². The Morgan fingerprint density at radius 3 is 2.87 bits per heavy atom. The number of hydrogen-bond acceptors (Lipinski definition) is 4. The molecule has 124 valence electrons. The van der Waals surface area contributed by atoms with Crippen LogP contribution in [0.1, 0.15) is 24.8 Å². The zero-order valence-electron chi connectivity index (χ0n) is 13.4. The number of likely N-dealkylation sites (tertiary alicyclic amines) is 1. The van der Waals surface area contributed by atoms with E-state index in [1.165, 1.54) is 10.6 Å². The lowest BCUT2D eigenvalue weighted by atomic mass is 9.91. The summed E-state index contributed by atoms with van der Waals surface area (Å²) in [5.41, 5.74) is 1.34. The predicted molar refractivity (Wildman–Crippen MR) is 85.4 cm³/mol. The number of amides is 1. The largest absolute Gasteiger partial charge is 0.363 e. The third-order valence-corrected chi connectivity index (χ3v) is 5.16. The summed E-state index contributed by atoms with van der Waals surface area (Å²) < 4.78 is 6.09. The van der Waals surface area contributed by atoms with Crippen molar-refractivity contribution in [2.45, 2.75) is 38.0 Å². The number of fused-ring (bicyclic) bond motifs is 1. The maximum Gasteiger partial charge on any atom is 0.275 e. The van der Waals surface area contributed by atoms with Gasteiger partial charge in [0.05, 0.1) is 19.3 Å². The first-order valence-corrected chi connectivity index (χ1v) is 8.65. The second-order valence-electron chi connectivity index (χ2n) is 6.80. The Bertz CT molecular complexity index is 544. The zero-order chi connectivity index (χ0) is 15.6. The Kier molecular flexibility index (Phi) is 4.33. The van der Waals surface area contributed by atoms with Crippen molar-refractivity contribution in [2.75, 3.05) is 26.2 Å². The summed E-state index contributed by atoms with van der Waals surface area (Å²) >= 11 is 0. The summed E-state index contributed by atoms with van der Waals surface area (Å²) in [6.45, 7) is 4.32. The van der Waals surface area contributed by atoms with Crippen LogP contribution in [0.2, 0.25) is 0 Å². The Morgan fingerprint density at radius 2 is 2.09 bits per heavy atom. The van der Waals surface area contributed by atoms with Gasteiger partial charge >= 0.3 is 0 Å². The maximum atomic E-state index is 12.4. The number of benzene rings is 1. The Hall–Kier alpha value is -1.43. The van der Waals surface area contributed by atoms with Crippen LogP contribution in [0.25, 0.3) is 0 Å². The summed E-state index contributed by atoms with van der Waals surface area (Å²) in [5.74, 6) is 0.532. The average Bonchev–Trinajstić information content (AvgIpc) is 3.24. The number of piperidine rings is 1. The van der Waals surface area contributed by atoms with E-state index < -0.39 is 0 Å². The summed E-state index contributed by atoms with van der Waals surface area (Å²) in [6.07, 6.45) is 2.77. The smallest absolute Gasteiger partial charge is 0.275 e. The van der Waals surface area contributed by atoms with Crippen LogP contribution in [0.4, 0.5) is 0 Å². The topological polar surface area (TPSA) is 42.0 Å². The highest BCUT2D eigenvalue weighted by Crippen LogP contribution is 2.34. The predicted octanol–water partition coefficient (Wildman–Crippen LogP) is 1.83. The SMILES string of the molecule is O=C([C@@H]1C[C@H]2CCN(Cc3ccccc3)C[C@@H]2O1)N1CCCO1. The lowest BCUT2D eigenvalue weighted by Crippen LogP contribution is -2.42. The Balaban J connectivity index is 1.34. The lowest BCUT2D eigenvalue weighted by molar-refractivity contribution is -0.180. The molecule has 3 aliphatic heterocycles. The molecule has 3 heterocycles. The van der Waals surface area contributed by atoms with E-state index in [-0.39, 0.29) is 18.1 Å². The fraction of sp³-hybridized carbons (Fsp3) is 0.611. The van der Waals surface area contributed by atoms with Crippen LogP contribution in [-0.4, -0.2) is 54.3 Å². The molecule has 0 bridgehead atoms. The molecular weight excluding hydrogens is 292 g/mol. The molecule has 0 radical (unpaired) electrons. The first-order chi connectivity index (χ1) is 11.3. The van der Waals surface area contributed by atoms with E-state index in [4.69, 9.17) is 9.57 Å². The molecule has 1 amide bonds. The number of ether oxygens (including phenoxy) is 1. The molecule has 1 aromatic rings. The minimum atomic E-state index is -0.306. The van der Waals surface area contributed by atoms with Gasteiger partial charge in [-0.1, -0.05) is 30.3 Å². The van der Waals surface area contributed by atoms with Gasteiger partial charge in [0.25, 0.3) is 5.91 Å². The quantitative estimate of drug-likeness (QED) is 0.853. The summed E-state index contributed by atoms with van der Waals surface area (Å²) in [6, 6.07) is 10.5. The van der Waals surface area contributed by atoms with Gasteiger partial charge in [-0.25, -0.2) is 5.06 Å². The van der Waals surface area contributed by atoms with E-state index in [9.17, 15) is 4.79 Å². The second kappa shape index (κ2) is 6.59. The van der Waals surface area contributed by atoms with Crippen molar-refractivity contribution in [3.63, 3.8) is 0 Å². The van der Waals surface area contributed by atoms with Crippen molar-refractivity contribution in [2.24, 2.45) is 5.92 Å². The molecule has 3 saturated heterocycles. The van der Waals surface area contributed by atoms with Gasteiger partial charge in [-0.3, -0.25) is 14.5 Å². The minimum Gasteiger partial charge on any atom is -0.363 e. The van der Waals surface area contributed by atoms with Crippen LogP contribution < -0.4 is 0 Å². The van der Waals surface area contributed by atoms with Gasteiger partial charge in [0.2, 0.25) is 0 Å². The highest BCUT2D eigenvalue weighted by atomic mass is 16.7. The molecule has 0 unspecified atom stereocenters. The maximum absolute atomic E-state index is 12.4. The van der Waals surface area contributed by atoms with Gasteiger partial charge in [0, 0.05) is 13.1 Å². The number of hydroxylamine groups is 2. The first-order valence-electron chi connectivity index (χ1n) is 8.65. The molecule has 0 N–H and O–H groups in total. The third kappa shape index (κ3) is 3.27. The van der Waals surface area contributed by atoms with E-state index >= 15 is 0 Å². The van der Waals surface area contributed by atoms with Gasteiger partial charge in [-0.2, -0.15) is 0 Å². The number of carbonyl (C=O) groups excluding carboxylic acids is 1. The molecule has 4 rings (SSSR count). The molecule has 1 aromatic carbocycles. The van der Waals surface area contributed by atoms with Crippen LogP contribution in [0.3, 0.4) is 0 Å². The molecule has 0 aliphatic carbocycles. The van der Waals surface area contributed by atoms with Crippen LogP contribution in [0, 0.1) is 5.92 Å². The highest BCUT2D eigenvalue weighted by Gasteiger charge is 2.43. The molecule has 3 aliphatic rings. The number of hydrogen-bond donors (Lipinski definition) is 0. The van der Waals surface area contributed by atoms with Crippen molar-refractivity contribution in [3.8, 4) is 0 Å². The van der Waals surface area contributed by atoms with Crippen LogP contribution in [-0.2, 0) is 20.9 Å². The van der Waals surface area contributed by atoms with E-state index in [0.29, 0.717) is 19.1 Å². The Morgan fingerprint density at radius 1 is 1.22 bits per heavy atom. The number of nitrogens with zero attached hydrogens (tertiary/aromatic N) is 2. The molecule has 0 aromatic heterocycles. The van der Waals surface area contributed by atoms with Crippen molar-refractivity contribution in [1.29, 1.82) is 0 Å².